The highest BCUT2D eigenvalue weighted by Gasteiger charge is 2.19. The molecule has 416 valence electrons. The number of carbonyl (C=O) groups excluding carboxylic acids is 3. The lowest BCUT2D eigenvalue weighted by molar-refractivity contribution is -0.166. The van der Waals surface area contributed by atoms with Crippen molar-refractivity contribution in [2.75, 3.05) is 13.2 Å². The van der Waals surface area contributed by atoms with Crippen LogP contribution in [0.4, 0.5) is 0 Å². The average molecular weight is 1010 g/mol. The molecule has 6 heteroatoms. The molecule has 73 heavy (non-hydrogen) atoms. The molecule has 1 atom stereocenters. The molecule has 1 unspecified atom stereocenters. The van der Waals surface area contributed by atoms with Gasteiger partial charge in [-0.1, -0.05) is 284 Å². The summed E-state index contributed by atoms with van der Waals surface area (Å²) in [5.74, 6) is -1.05. The summed E-state index contributed by atoms with van der Waals surface area (Å²) >= 11 is 0. The zero-order chi connectivity index (χ0) is 52.9. The lowest BCUT2D eigenvalue weighted by Crippen LogP contribution is -2.30. The van der Waals surface area contributed by atoms with E-state index in [4.69, 9.17) is 14.2 Å². The highest BCUT2D eigenvalue weighted by Crippen LogP contribution is 2.16. The Morgan fingerprint density at radius 2 is 0.575 bits per heavy atom. The predicted molar refractivity (Wildman–Crippen MR) is 316 cm³/mol. The maximum Gasteiger partial charge on any atom is 0.310 e. The monoisotopic (exact) mass is 1010 g/mol. The van der Waals surface area contributed by atoms with Crippen molar-refractivity contribution in [3.8, 4) is 0 Å². The van der Waals surface area contributed by atoms with Crippen LogP contribution in [0, 0.1) is 0 Å². The lowest BCUT2D eigenvalue weighted by atomic mass is 10.0. The third-order valence-electron chi connectivity index (χ3n) is 12.8. The average Bonchev–Trinajstić information content (AvgIpc) is 3.39. The molecule has 0 spiro atoms. The first-order chi connectivity index (χ1) is 36.0. The van der Waals surface area contributed by atoms with Crippen LogP contribution in [0.3, 0.4) is 0 Å². The molecule has 0 fully saturated rings. The number of esters is 3. The van der Waals surface area contributed by atoms with E-state index >= 15 is 0 Å². The number of unbranched alkanes of at least 4 members (excludes halogenated alkanes) is 26. The van der Waals surface area contributed by atoms with Crippen LogP contribution in [0.5, 0.6) is 0 Å². The van der Waals surface area contributed by atoms with Crippen molar-refractivity contribution in [2.24, 2.45) is 0 Å². The lowest BCUT2D eigenvalue weighted by Gasteiger charge is -2.18. The normalized spacial score (nSPS) is 12.9. The number of allylic oxidation sites excluding steroid dienone is 17. The predicted octanol–water partition coefficient (Wildman–Crippen LogP) is 20.7. The van der Waals surface area contributed by atoms with E-state index in [2.05, 4.69) is 118 Å². The van der Waals surface area contributed by atoms with E-state index in [1.165, 1.54) is 141 Å². The van der Waals surface area contributed by atoms with Gasteiger partial charge in [0.05, 0.1) is 6.42 Å². The number of rotatable bonds is 54. The minimum atomic E-state index is -0.828. The Hall–Kier alpha value is -3.93. The van der Waals surface area contributed by atoms with E-state index in [-0.39, 0.29) is 31.6 Å². The summed E-state index contributed by atoms with van der Waals surface area (Å²) in [5, 5.41) is 0. The molecule has 0 radical (unpaired) electrons. The molecule has 0 aliphatic carbocycles. The molecule has 0 bridgehead atoms. The second-order valence-electron chi connectivity index (χ2n) is 19.9. The van der Waals surface area contributed by atoms with Gasteiger partial charge < -0.3 is 14.2 Å². The van der Waals surface area contributed by atoms with Crippen molar-refractivity contribution in [2.45, 2.75) is 284 Å². The molecule has 0 aromatic rings. The maximum absolute atomic E-state index is 12.7. The van der Waals surface area contributed by atoms with E-state index in [0.29, 0.717) is 12.8 Å². The largest absolute Gasteiger partial charge is 0.462 e. The van der Waals surface area contributed by atoms with Gasteiger partial charge >= 0.3 is 17.9 Å². The van der Waals surface area contributed by atoms with Gasteiger partial charge in [-0.2, -0.15) is 0 Å². The van der Waals surface area contributed by atoms with Gasteiger partial charge in [0.2, 0.25) is 0 Å². The van der Waals surface area contributed by atoms with Crippen LogP contribution in [0.1, 0.15) is 278 Å². The molecule has 0 aromatic carbocycles. The molecule has 0 aliphatic heterocycles. The van der Waals surface area contributed by atoms with Crippen LogP contribution in [-0.2, 0) is 28.6 Å². The van der Waals surface area contributed by atoms with E-state index < -0.39 is 12.1 Å². The van der Waals surface area contributed by atoms with E-state index in [1.54, 1.807) is 6.08 Å². The fourth-order valence-corrected chi connectivity index (χ4v) is 8.33. The molecule has 0 aliphatic rings. The van der Waals surface area contributed by atoms with Gasteiger partial charge in [-0.3, -0.25) is 14.4 Å². The van der Waals surface area contributed by atoms with Gasteiger partial charge in [-0.15, -0.1) is 0 Å². The summed E-state index contributed by atoms with van der Waals surface area (Å²) in [4.78, 5) is 37.9. The zero-order valence-corrected chi connectivity index (χ0v) is 47.6. The zero-order valence-electron chi connectivity index (χ0n) is 47.6. The molecule has 0 saturated heterocycles. The van der Waals surface area contributed by atoms with E-state index in [1.807, 2.05) is 6.08 Å². The Morgan fingerprint density at radius 1 is 0.301 bits per heavy atom. The SMILES string of the molecule is CC/C=C\C/C=C\C/C=C\C/C=C\C/C=C\CC(=O)OC(COC(=O)CCCCCCCCC)COC(=O)CCCCCCCCCCCCCCCCCCCCCC/C=C\C/C=C\C/C=C\C/C=C\CC. The van der Waals surface area contributed by atoms with Crippen molar-refractivity contribution in [1.29, 1.82) is 0 Å². The van der Waals surface area contributed by atoms with Gasteiger partial charge in [0.25, 0.3) is 0 Å². The molecular formula is C67H112O6. The first-order valence-corrected chi connectivity index (χ1v) is 30.4. The second-order valence-corrected chi connectivity index (χ2v) is 19.9. The molecule has 0 N–H and O–H groups in total. The summed E-state index contributed by atoms with van der Waals surface area (Å²) < 4.78 is 16.7. The number of hydrogen-bond donors (Lipinski definition) is 0. The quantitative estimate of drug-likeness (QED) is 0.0261. The maximum atomic E-state index is 12.7. The molecule has 0 saturated carbocycles. The Bertz CT molecular complexity index is 1490. The van der Waals surface area contributed by atoms with Crippen LogP contribution < -0.4 is 0 Å². The molecule has 6 nitrogen and oxygen atoms in total. The summed E-state index contributed by atoms with van der Waals surface area (Å²) in [6, 6.07) is 0. The first kappa shape index (κ1) is 69.1. The second kappa shape index (κ2) is 60.6. The third kappa shape index (κ3) is 58.8. The minimum absolute atomic E-state index is 0.0975. The topological polar surface area (TPSA) is 78.9 Å². The van der Waals surface area contributed by atoms with Crippen LogP contribution in [0.25, 0.3) is 0 Å². The van der Waals surface area contributed by atoms with Crippen LogP contribution in [-0.4, -0.2) is 37.2 Å². The fourth-order valence-electron chi connectivity index (χ4n) is 8.33. The standard InChI is InChI=1S/C67H112O6/c1-4-7-10-13-16-18-20-22-24-25-26-27-28-29-30-31-32-33-34-35-36-37-38-39-40-41-43-44-46-48-51-54-57-60-66(69)72-63-64(62-71-65(68)59-56-53-50-15-12-9-6-3)73-67(70)61-58-55-52-49-47-45-42-23-21-19-17-14-11-8-5-2/h7-8,10-11,16-19,22-24,26-27,42,47,49,55,58,64H,4-6,9,12-15,20-21,25,28-41,43-46,48,50-54,56-57,59-63H2,1-3H3/b10-7-,11-8-,18-16-,19-17-,24-22-,27-26-,42-23-,49-47-,58-55-. The number of hydrogen-bond acceptors (Lipinski definition) is 6. The summed E-state index contributed by atoms with van der Waals surface area (Å²) in [6.07, 6.45) is 83.1. The van der Waals surface area contributed by atoms with E-state index in [0.717, 1.165) is 96.3 Å². The summed E-state index contributed by atoms with van der Waals surface area (Å²) in [5.41, 5.74) is 0. The van der Waals surface area contributed by atoms with Gasteiger partial charge in [0, 0.05) is 12.8 Å². The smallest absolute Gasteiger partial charge is 0.310 e. The summed E-state index contributed by atoms with van der Waals surface area (Å²) in [7, 11) is 0. The molecule has 0 amide bonds. The Labute approximate surface area is 450 Å². The van der Waals surface area contributed by atoms with Gasteiger partial charge in [0.15, 0.2) is 6.10 Å². The third-order valence-corrected chi connectivity index (χ3v) is 12.8. The highest BCUT2D eigenvalue weighted by molar-refractivity contribution is 5.72. The van der Waals surface area contributed by atoms with Crippen molar-refractivity contribution >= 4 is 17.9 Å². The minimum Gasteiger partial charge on any atom is -0.462 e. The first-order valence-electron chi connectivity index (χ1n) is 30.4. The Balaban J connectivity index is 4.06. The molecular weight excluding hydrogens is 901 g/mol. The van der Waals surface area contributed by atoms with Crippen LogP contribution >= 0.6 is 0 Å². The molecule has 0 rings (SSSR count). The van der Waals surface area contributed by atoms with Crippen molar-refractivity contribution in [3.63, 3.8) is 0 Å². The van der Waals surface area contributed by atoms with E-state index in [9.17, 15) is 14.4 Å². The number of carbonyl (C=O) groups is 3. The van der Waals surface area contributed by atoms with Crippen molar-refractivity contribution in [1.82, 2.24) is 0 Å². The van der Waals surface area contributed by atoms with Crippen LogP contribution in [0.15, 0.2) is 109 Å². The van der Waals surface area contributed by atoms with Crippen molar-refractivity contribution < 1.29 is 28.6 Å². The van der Waals surface area contributed by atoms with Crippen molar-refractivity contribution in [3.05, 3.63) is 109 Å². The van der Waals surface area contributed by atoms with Gasteiger partial charge in [0.1, 0.15) is 13.2 Å². The number of ether oxygens (including phenoxy) is 3. The Kier molecular flexibility index (Phi) is 57.4. The van der Waals surface area contributed by atoms with Crippen LogP contribution in [0.2, 0.25) is 0 Å². The highest BCUT2D eigenvalue weighted by atomic mass is 16.6. The van der Waals surface area contributed by atoms with Gasteiger partial charge in [-0.25, -0.2) is 0 Å². The van der Waals surface area contributed by atoms with Gasteiger partial charge in [-0.05, 0) is 83.5 Å². The molecule has 0 heterocycles. The summed E-state index contributed by atoms with van der Waals surface area (Å²) in [6.45, 7) is 6.29. The fraction of sp³-hybridized carbons (Fsp3) is 0.687. The Morgan fingerprint density at radius 3 is 0.904 bits per heavy atom. The molecule has 0 aromatic heterocycles.